The van der Waals surface area contributed by atoms with E-state index in [0.29, 0.717) is 12.6 Å². The Balaban J connectivity index is 1.70. The van der Waals surface area contributed by atoms with Gasteiger partial charge in [0.25, 0.3) is 0 Å². The smallest absolute Gasteiger partial charge is 0.162 e. The van der Waals surface area contributed by atoms with E-state index in [9.17, 15) is 5.11 Å². The van der Waals surface area contributed by atoms with E-state index in [0.717, 1.165) is 47.7 Å². The summed E-state index contributed by atoms with van der Waals surface area (Å²) in [5.74, 6) is 1.76. The van der Waals surface area contributed by atoms with Gasteiger partial charge in [-0.1, -0.05) is 42.5 Å². The third-order valence-corrected chi connectivity index (χ3v) is 5.21. The number of hydrogen-bond donors (Lipinski definition) is 1. The van der Waals surface area contributed by atoms with Crippen molar-refractivity contribution < 1.29 is 5.11 Å². The summed E-state index contributed by atoms with van der Waals surface area (Å²) < 4.78 is 0. The highest BCUT2D eigenvalue weighted by atomic mass is 16.3. The minimum absolute atomic E-state index is 0.304. The van der Waals surface area contributed by atoms with Crippen LogP contribution in [0.25, 0.3) is 22.3 Å². The lowest BCUT2D eigenvalue weighted by atomic mass is 10.1. The number of rotatable bonds is 4. The van der Waals surface area contributed by atoms with Crippen molar-refractivity contribution in [3.05, 3.63) is 54.6 Å². The van der Waals surface area contributed by atoms with Crippen LogP contribution in [0.1, 0.15) is 20.8 Å². The average molecular weight is 377 g/mol. The number of anilines is 1. The second-order valence-electron chi connectivity index (χ2n) is 8.34. The van der Waals surface area contributed by atoms with Crippen LogP contribution in [-0.2, 0) is 0 Å². The fraction of sp³-hybridized carbons (Fsp3) is 0.391. The maximum absolute atomic E-state index is 10.2. The van der Waals surface area contributed by atoms with Crippen molar-refractivity contribution in [2.24, 2.45) is 0 Å². The number of piperazine rings is 1. The highest BCUT2D eigenvalue weighted by Gasteiger charge is 2.29. The van der Waals surface area contributed by atoms with Crippen LogP contribution in [0.4, 0.5) is 5.82 Å². The monoisotopic (exact) mass is 376 g/mol. The number of fused-ring (bicyclic) bond motifs is 1. The quantitative estimate of drug-likeness (QED) is 0.754. The Kier molecular flexibility index (Phi) is 5.04. The normalized spacial score (nSPS) is 18.6. The van der Waals surface area contributed by atoms with E-state index in [2.05, 4.69) is 41.0 Å². The molecule has 1 aliphatic heterocycles. The molecule has 5 heteroatoms. The summed E-state index contributed by atoms with van der Waals surface area (Å²) in [4.78, 5) is 14.5. The number of benzene rings is 2. The van der Waals surface area contributed by atoms with Crippen molar-refractivity contribution >= 4 is 16.7 Å². The zero-order chi connectivity index (χ0) is 19.7. The number of hydrogen-bond acceptors (Lipinski definition) is 5. The van der Waals surface area contributed by atoms with Gasteiger partial charge >= 0.3 is 0 Å². The van der Waals surface area contributed by atoms with E-state index in [1.54, 1.807) is 0 Å². The minimum Gasteiger partial charge on any atom is -0.389 e. The van der Waals surface area contributed by atoms with Crippen molar-refractivity contribution in [3.63, 3.8) is 0 Å². The summed E-state index contributed by atoms with van der Waals surface area (Å²) in [5, 5.41) is 11.3. The molecule has 1 unspecified atom stereocenters. The van der Waals surface area contributed by atoms with Crippen LogP contribution in [0.15, 0.2) is 54.6 Å². The first kappa shape index (κ1) is 18.8. The van der Waals surface area contributed by atoms with Gasteiger partial charge in [-0.3, -0.25) is 4.90 Å². The van der Waals surface area contributed by atoms with Gasteiger partial charge in [0.05, 0.1) is 11.1 Å². The summed E-state index contributed by atoms with van der Waals surface area (Å²) in [6.07, 6.45) is 0. The first-order chi connectivity index (χ1) is 13.4. The van der Waals surface area contributed by atoms with Crippen LogP contribution in [-0.4, -0.2) is 57.8 Å². The van der Waals surface area contributed by atoms with Crippen LogP contribution in [0.3, 0.4) is 0 Å². The first-order valence-electron chi connectivity index (χ1n) is 9.94. The molecule has 2 aromatic carbocycles. The van der Waals surface area contributed by atoms with Crippen LogP contribution < -0.4 is 4.90 Å². The standard InChI is InChI=1S/C23H28N4O/c1-17-15-26(16-23(2,3)28)13-14-27(17)22-19-11-7-8-12-20(19)24-21(25-22)18-9-5-4-6-10-18/h4-12,17,28H,13-16H2,1-3H3. The molecular weight excluding hydrogens is 348 g/mol. The first-order valence-corrected chi connectivity index (χ1v) is 9.94. The maximum Gasteiger partial charge on any atom is 0.162 e. The molecule has 0 spiro atoms. The fourth-order valence-electron chi connectivity index (χ4n) is 4.03. The molecule has 28 heavy (non-hydrogen) atoms. The van der Waals surface area contributed by atoms with Gasteiger partial charge in [-0.15, -0.1) is 0 Å². The van der Waals surface area contributed by atoms with Crippen LogP contribution >= 0.6 is 0 Å². The summed E-state index contributed by atoms with van der Waals surface area (Å²) >= 11 is 0. The Bertz CT molecular complexity index is 952. The number of aliphatic hydroxyl groups is 1. The van der Waals surface area contributed by atoms with Crippen molar-refractivity contribution in [2.75, 3.05) is 31.1 Å². The molecule has 0 aliphatic carbocycles. The number of nitrogens with zero attached hydrogens (tertiary/aromatic N) is 4. The van der Waals surface area contributed by atoms with Gasteiger partial charge < -0.3 is 10.0 Å². The molecule has 1 N–H and O–H groups in total. The number of β-amino-alcohol motifs (C(OH)–C–C–N with tert-alkyl or cyclic N) is 1. The molecule has 2 heterocycles. The molecule has 1 saturated heterocycles. The lowest BCUT2D eigenvalue weighted by Gasteiger charge is -2.42. The van der Waals surface area contributed by atoms with E-state index >= 15 is 0 Å². The molecule has 4 rings (SSSR count). The van der Waals surface area contributed by atoms with Gasteiger partial charge in [0.15, 0.2) is 5.82 Å². The van der Waals surface area contributed by atoms with Crippen LogP contribution in [0.5, 0.6) is 0 Å². The molecule has 0 radical (unpaired) electrons. The largest absolute Gasteiger partial charge is 0.389 e. The average Bonchev–Trinajstić information content (AvgIpc) is 2.67. The Morgan fingerprint density at radius 3 is 2.43 bits per heavy atom. The summed E-state index contributed by atoms with van der Waals surface area (Å²) in [7, 11) is 0. The molecule has 1 aromatic heterocycles. The van der Waals surface area contributed by atoms with Gasteiger partial charge in [-0.25, -0.2) is 9.97 Å². The number of para-hydroxylation sites is 1. The summed E-state index contributed by atoms with van der Waals surface area (Å²) in [5.41, 5.74) is 1.32. The van der Waals surface area contributed by atoms with Crippen LogP contribution in [0, 0.1) is 0 Å². The SMILES string of the molecule is CC1CN(CC(C)(C)O)CCN1c1nc(-c2ccccc2)nc2ccccc12. The van der Waals surface area contributed by atoms with Gasteiger partial charge in [-0.2, -0.15) is 0 Å². The molecule has 0 amide bonds. The fourth-order valence-corrected chi connectivity index (χ4v) is 4.03. The van der Waals surface area contributed by atoms with E-state index in [4.69, 9.17) is 9.97 Å². The van der Waals surface area contributed by atoms with E-state index in [1.807, 2.05) is 44.2 Å². The van der Waals surface area contributed by atoms with Crippen molar-refractivity contribution in [3.8, 4) is 11.4 Å². The van der Waals surface area contributed by atoms with Crippen molar-refractivity contribution in [2.45, 2.75) is 32.4 Å². The molecule has 146 valence electrons. The molecule has 1 fully saturated rings. The van der Waals surface area contributed by atoms with Gasteiger partial charge in [-0.05, 0) is 32.9 Å². The predicted molar refractivity (Wildman–Crippen MR) is 115 cm³/mol. The van der Waals surface area contributed by atoms with Crippen LogP contribution in [0.2, 0.25) is 0 Å². The third-order valence-electron chi connectivity index (χ3n) is 5.21. The second-order valence-corrected chi connectivity index (χ2v) is 8.34. The highest BCUT2D eigenvalue weighted by molar-refractivity contribution is 5.91. The molecule has 0 saturated carbocycles. The van der Waals surface area contributed by atoms with Crippen molar-refractivity contribution in [1.29, 1.82) is 0 Å². The molecule has 1 atom stereocenters. The number of aromatic nitrogens is 2. The Morgan fingerprint density at radius 2 is 1.71 bits per heavy atom. The molecule has 0 bridgehead atoms. The van der Waals surface area contributed by atoms with Gasteiger partial charge in [0.2, 0.25) is 0 Å². The van der Waals surface area contributed by atoms with E-state index in [1.165, 1.54) is 0 Å². The zero-order valence-corrected chi connectivity index (χ0v) is 16.8. The maximum atomic E-state index is 10.2. The predicted octanol–water partition coefficient (Wildman–Crippen LogP) is 3.58. The summed E-state index contributed by atoms with van der Waals surface area (Å²) in [6, 6.07) is 18.7. The summed E-state index contributed by atoms with van der Waals surface area (Å²) in [6.45, 7) is 9.35. The van der Waals surface area contributed by atoms with Gasteiger partial charge in [0, 0.05) is 43.2 Å². The van der Waals surface area contributed by atoms with Crippen molar-refractivity contribution in [1.82, 2.24) is 14.9 Å². The Hall–Kier alpha value is -2.50. The topological polar surface area (TPSA) is 52.5 Å². The highest BCUT2D eigenvalue weighted by Crippen LogP contribution is 2.30. The molecular formula is C23H28N4O. The molecule has 3 aromatic rings. The second kappa shape index (κ2) is 7.49. The Labute approximate surface area is 166 Å². The lowest BCUT2D eigenvalue weighted by molar-refractivity contribution is 0.0307. The van der Waals surface area contributed by atoms with Gasteiger partial charge in [0.1, 0.15) is 5.82 Å². The molecule has 1 aliphatic rings. The van der Waals surface area contributed by atoms with E-state index in [-0.39, 0.29) is 0 Å². The zero-order valence-electron chi connectivity index (χ0n) is 16.8. The lowest BCUT2D eigenvalue weighted by Crippen LogP contribution is -2.55. The Morgan fingerprint density at radius 1 is 1.00 bits per heavy atom. The third kappa shape index (κ3) is 4.01. The molecule has 5 nitrogen and oxygen atoms in total. The van der Waals surface area contributed by atoms with E-state index < -0.39 is 5.60 Å². The minimum atomic E-state index is -0.677.